The monoisotopic (exact) mass is 254 g/mol. The smallest absolute Gasteiger partial charge is 0.0710 e. The lowest BCUT2D eigenvalue weighted by atomic mass is 10.1. The molecule has 0 saturated carbocycles. The molecule has 2 atom stereocenters. The van der Waals surface area contributed by atoms with Crippen molar-refractivity contribution in [3.8, 4) is 0 Å². The van der Waals surface area contributed by atoms with Gasteiger partial charge in [-0.3, -0.25) is 4.90 Å². The average molecular weight is 254 g/mol. The van der Waals surface area contributed by atoms with E-state index in [4.69, 9.17) is 4.74 Å². The van der Waals surface area contributed by atoms with E-state index in [-0.39, 0.29) is 5.60 Å². The Labute approximate surface area is 112 Å². The van der Waals surface area contributed by atoms with Gasteiger partial charge in [0, 0.05) is 19.1 Å². The summed E-state index contributed by atoms with van der Waals surface area (Å²) < 4.78 is 6.13. The molecule has 1 N–H and O–H groups in total. The standard InChI is InChI=1S/C15H30N2O/c1-4-6-13-11-17(10-5-9-16-13)12-14-7-8-15(2,3)18-14/h13-14,16H,4-12H2,1-3H3. The van der Waals surface area contributed by atoms with Gasteiger partial charge in [0.2, 0.25) is 0 Å². The van der Waals surface area contributed by atoms with E-state index in [0.717, 1.165) is 6.54 Å². The van der Waals surface area contributed by atoms with E-state index >= 15 is 0 Å². The summed E-state index contributed by atoms with van der Waals surface area (Å²) in [6.07, 6.45) is 6.75. The molecule has 2 unspecified atom stereocenters. The van der Waals surface area contributed by atoms with Gasteiger partial charge in [-0.15, -0.1) is 0 Å². The molecule has 0 spiro atoms. The molecule has 0 bridgehead atoms. The molecule has 2 heterocycles. The largest absolute Gasteiger partial charge is 0.371 e. The van der Waals surface area contributed by atoms with Crippen LogP contribution in [0.1, 0.15) is 52.9 Å². The summed E-state index contributed by atoms with van der Waals surface area (Å²) in [6.45, 7) is 11.5. The van der Waals surface area contributed by atoms with Crippen molar-refractivity contribution in [3.05, 3.63) is 0 Å². The summed E-state index contributed by atoms with van der Waals surface area (Å²) >= 11 is 0. The fraction of sp³-hybridized carbons (Fsp3) is 1.00. The Morgan fingerprint density at radius 2 is 2.22 bits per heavy atom. The highest BCUT2D eigenvalue weighted by atomic mass is 16.5. The normalized spacial score (nSPS) is 33.5. The minimum atomic E-state index is 0.109. The first-order chi connectivity index (χ1) is 8.59. The van der Waals surface area contributed by atoms with Crippen molar-refractivity contribution in [2.24, 2.45) is 0 Å². The molecule has 2 saturated heterocycles. The van der Waals surface area contributed by atoms with Crippen molar-refractivity contribution >= 4 is 0 Å². The van der Waals surface area contributed by atoms with E-state index in [1.165, 1.54) is 51.7 Å². The third kappa shape index (κ3) is 4.22. The van der Waals surface area contributed by atoms with Gasteiger partial charge in [0.1, 0.15) is 0 Å². The van der Waals surface area contributed by atoms with Crippen LogP contribution in [0.4, 0.5) is 0 Å². The Balaban J connectivity index is 1.80. The number of ether oxygens (including phenoxy) is 1. The molecular formula is C15H30N2O. The maximum absolute atomic E-state index is 6.13. The van der Waals surface area contributed by atoms with E-state index < -0.39 is 0 Å². The lowest BCUT2D eigenvalue weighted by molar-refractivity contribution is -0.0287. The first-order valence-electron chi connectivity index (χ1n) is 7.72. The van der Waals surface area contributed by atoms with Crippen LogP contribution in [0.3, 0.4) is 0 Å². The molecule has 3 heteroatoms. The first kappa shape index (κ1) is 14.3. The zero-order valence-corrected chi connectivity index (χ0v) is 12.4. The van der Waals surface area contributed by atoms with Gasteiger partial charge in [-0.1, -0.05) is 13.3 Å². The molecule has 3 nitrogen and oxygen atoms in total. The Kier molecular flexibility index (Phi) is 5.05. The second kappa shape index (κ2) is 6.36. The number of rotatable bonds is 4. The predicted octanol–water partition coefficient (Wildman–Crippen LogP) is 2.41. The zero-order valence-electron chi connectivity index (χ0n) is 12.4. The number of nitrogens with zero attached hydrogens (tertiary/aromatic N) is 1. The van der Waals surface area contributed by atoms with Gasteiger partial charge >= 0.3 is 0 Å². The molecule has 106 valence electrons. The third-order valence-corrected chi connectivity index (χ3v) is 4.22. The van der Waals surface area contributed by atoms with Crippen molar-refractivity contribution < 1.29 is 4.74 Å². The number of hydrogen-bond acceptors (Lipinski definition) is 3. The molecule has 0 aromatic heterocycles. The maximum atomic E-state index is 6.13. The highest BCUT2D eigenvalue weighted by molar-refractivity contribution is 4.84. The van der Waals surface area contributed by atoms with Crippen LogP contribution in [-0.4, -0.2) is 48.8 Å². The second-order valence-electron chi connectivity index (χ2n) is 6.59. The molecule has 2 aliphatic rings. The van der Waals surface area contributed by atoms with Crippen LogP contribution >= 0.6 is 0 Å². The fourth-order valence-electron chi connectivity index (χ4n) is 3.28. The third-order valence-electron chi connectivity index (χ3n) is 4.22. The van der Waals surface area contributed by atoms with Gasteiger partial charge in [0.15, 0.2) is 0 Å². The maximum Gasteiger partial charge on any atom is 0.0710 e. The van der Waals surface area contributed by atoms with Gasteiger partial charge < -0.3 is 10.1 Å². The van der Waals surface area contributed by atoms with E-state index in [2.05, 4.69) is 31.0 Å². The quantitative estimate of drug-likeness (QED) is 0.834. The van der Waals surface area contributed by atoms with Gasteiger partial charge in [-0.05, 0) is 52.6 Å². The Morgan fingerprint density at radius 3 is 2.89 bits per heavy atom. The van der Waals surface area contributed by atoms with Crippen LogP contribution in [0, 0.1) is 0 Å². The molecule has 0 radical (unpaired) electrons. The topological polar surface area (TPSA) is 24.5 Å². The Morgan fingerprint density at radius 1 is 1.39 bits per heavy atom. The highest BCUT2D eigenvalue weighted by Gasteiger charge is 2.33. The molecule has 2 rings (SSSR count). The number of hydrogen-bond donors (Lipinski definition) is 1. The van der Waals surface area contributed by atoms with Crippen molar-refractivity contribution in [1.82, 2.24) is 10.2 Å². The first-order valence-corrected chi connectivity index (χ1v) is 7.72. The lowest BCUT2D eigenvalue weighted by Gasteiger charge is -2.27. The van der Waals surface area contributed by atoms with Gasteiger partial charge in [0.25, 0.3) is 0 Å². The molecule has 2 aliphatic heterocycles. The SMILES string of the molecule is CCCC1CN(CC2CCC(C)(C)O2)CCCN1. The summed E-state index contributed by atoms with van der Waals surface area (Å²) in [5, 5.41) is 3.67. The van der Waals surface area contributed by atoms with Crippen molar-refractivity contribution in [2.75, 3.05) is 26.2 Å². The van der Waals surface area contributed by atoms with E-state index in [0.29, 0.717) is 12.1 Å². The van der Waals surface area contributed by atoms with Crippen LogP contribution in [0.2, 0.25) is 0 Å². The minimum absolute atomic E-state index is 0.109. The van der Waals surface area contributed by atoms with Crippen LogP contribution < -0.4 is 5.32 Å². The highest BCUT2D eigenvalue weighted by Crippen LogP contribution is 2.29. The molecule has 0 aromatic carbocycles. The zero-order chi connectivity index (χ0) is 13.0. The molecule has 2 fully saturated rings. The van der Waals surface area contributed by atoms with Crippen molar-refractivity contribution in [1.29, 1.82) is 0 Å². The molecule has 0 amide bonds. The summed E-state index contributed by atoms with van der Waals surface area (Å²) in [5.41, 5.74) is 0.109. The van der Waals surface area contributed by atoms with E-state index in [1.54, 1.807) is 0 Å². The van der Waals surface area contributed by atoms with Crippen molar-refractivity contribution in [3.63, 3.8) is 0 Å². The van der Waals surface area contributed by atoms with Gasteiger partial charge in [0.05, 0.1) is 11.7 Å². The van der Waals surface area contributed by atoms with Gasteiger partial charge in [-0.25, -0.2) is 0 Å². The minimum Gasteiger partial charge on any atom is -0.371 e. The fourth-order valence-corrected chi connectivity index (χ4v) is 3.28. The summed E-state index contributed by atoms with van der Waals surface area (Å²) in [4.78, 5) is 2.62. The van der Waals surface area contributed by atoms with Crippen LogP contribution in [0.15, 0.2) is 0 Å². The van der Waals surface area contributed by atoms with Crippen molar-refractivity contribution in [2.45, 2.75) is 70.6 Å². The summed E-state index contributed by atoms with van der Waals surface area (Å²) in [5.74, 6) is 0. The predicted molar refractivity (Wildman–Crippen MR) is 75.9 cm³/mol. The lowest BCUT2D eigenvalue weighted by Crippen LogP contribution is -2.41. The average Bonchev–Trinajstić information content (AvgIpc) is 2.50. The molecule has 0 aliphatic carbocycles. The van der Waals surface area contributed by atoms with Crippen LogP contribution in [0.5, 0.6) is 0 Å². The molecule has 0 aromatic rings. The molecule has 18 heavy (non-hydrogen) atoms. The van der Waals surface area contributed by atoms with Gasteiger partial charge in [-0.2, -0.15) is 0 Å². The summed E-state index contributed by atoms with van der Waals surface area (Å²) in [6, 6.07) is 0.687. The van der Waals surface area contributed by atoms with Crippen LogP contribution in [0.25, 0.3) is 0 Å². The van der Waals surface area contributed by atoms with E-state index in [1.807, 2.05) is 0 Å². The molecular weight excluding hydrogens is 224 g/mol. The summed E-state index contributed by atoms with van der Waals surface area (Å²) in [7, 11) is 0. The van der Waals surface area contributed by atoms with E-state index in [9.17, 15) is 0 Å². The van der Waals surface area contributed by atoms with Crippen LogP contribution in [-0.2, 0) is 4.74 Å². The number of nitrogens with one attached hydrogen (secondary N) is 1. The Hall–Kier alpha value is -0.120. The second-order valence-corrected chi connectivity index (χ2v) is 6.59. The Bertz CT molecular complexity index is 255.